The number of carbonyl (C=O) groups is 1. The summed E-state index contributed by atoms with van der Waals surface area (Å²) in [5.74, 6) is 12.4. The molecule has 366 valence electrons. The number of rotatable bonds is 2. The molecule has 0 aromatic carbocycles. The molecule has 1 aliphatic rings. The van der Waals surface area contributed by atoms with Crippen LogP contribution in [0.4, 0.5) is 17.6 Å². The molecule has 0 radical (unpaired) electrons. The number of fused-ring (bicyclic) bond motifs is 4. The van der Waals surface area contributed by atoms with E-state index in [-0.39, 0.29) is 63.5 Å². The van der Waals surface area contributed by atoms with E-state index in [0.717, 1.165) is 11.4 Å². The second-order valence-electron chi connectivity index (χ2n) is 19.5. The minimum atomic E-state index is -0.487. The van der Waals surface area contributed by atoms with Crippen LogP contribution in [0.1, 0.15) is 118 Å². The Morgan fingerprint density at radius 2 is 1.19 bits per heavy atom. The molecule has 8 heterocycles. The molecule has 0 unspecified atom stereocenters. The molecule has 0 saturated heterocycles. The predicted molar refractivity (Wildman–Crippen MR) is 263 cm³/mol. The maximum atomic E-state index is 12.0. The van der Waals surface area contributed by atoms with Crippen molar-refractivity contribution >= 4 is 56.7 Å². The molecule has 0 fully saturated rings. The zero-order valence-corrected chi connectivity index (χ0v) is 40.5. The zero-order chi connectivity index (χ0) is 50.1. The van der Waals surface area contributed by atoms with E-state index >= 15 is 0 Å². The summed E-state index contributed by atoms with van der Waals surface area (Å²) in [6.45, 7) is 31.3. The molecule has 1 aliphatic heterocycles. The van der Waals surface area contributed by atoms with E-state index in [1.807, 2.05) is 76.0 Å². The molecule has 12 N–H and O–H groups in total. The average Bonchev–Trinajstić information content (AvgIpc) is 4.01. The van der Waals surface area contributed by atoms with Gasteiger partial charge in [0.25, 0.3) is 17.0 Å². The lowest BCUT2D eigenvalue weighted by atomic mass is 10.1. The van der Waals surface area contributed by atoms with Gasteiger partial charge in [-0.1, -0.05) is 14.0 Å². The van der Waals surface area contributed by atoms with Gasteiger partial charge in [0, 0.05) is 34.3 Å². The van der Waals surface area contributed by atoms with E-state index < -0.39 is 5.56 Å². The summed E-state index contributed by atoms with van der Waals surface area (Å²) in [6.07, 6.45) is 7.16. The van der Waals surface area contributed by atoms with E-state index in [1.54, 1.807) is 37.4 Å². The van der Waals surface area contributed by atoms with E-state index in [4.69, 9.17) is 22.8 Å². The van der Waals surface area contributed by atoms with Crippen LogP contribution in [0.15, 0.2) is 47.2 Å². The fourth-order valence-electron chi connectivity index (χ4n) is 6.70. The SMILES string of the molecule is C.C=C1Cc2ncn(C(C)(C)C)c2C(=O)NN1.CC(C)(C)n1cnc2c(NN)nc(NN)nc21.Cc1nc(=O)c2ncn(C(C)(C)C)c2c(=O)[nH]1.Cc1nc(N)c2c(ncn2C(C)(C)C)c(=N)n1. The number of imidazole rings is 4. The normalized spacial score (nSPS) is 12.8. The first-order valence-corrected chi connectivity index (χ1v) is 21.0. The highest BCUT2D eigenvalue weighted by Crippen LogP contribution is 2.26. The van der Waals surface area contributed by atoms with Crippen LogP contribution in [0.25, 0.3) is 33.2 Å². The number of aromatic nitrogens is 14. The lowest BCUT2D eigenvalue weighted by Gasteiger charge is -2.22. The van der Waals surface area contributed by atoms with E-state index in [2.05, 4.69) is 98.9 Å². The first-order chi connectivity index (χ1) is 31.0. The van der Waals surface area contributed by atoms with Gasteiger partial charge in [-0.3, -0.25) is 30.6 Å². The Balaban J connectivity index is 0.000000197. The average molecular weight is 939 g/mol. The standard InChI is InChI=1S/C11H16N6.C11H14N4O2.C11H16N4O.C9H16N8.CH4/c1-6-15-9(12)7-8(10(13)16-6)17(5-14-7)11(2,3)4;1-6-13-9(16)7-8(10(17)14-6)15(5-12-7)11(2,3)4;1-7-5-8-9(10(16)14-13-7)15(6-12-8)11(2,3)4;1-9(2,3)17-4-12-5-6(15-10)13-8(16-11)14-7(5)17;/h5H,1-4H3,(H3,12,13,15,16);5H,1-4H3,(H,13,14,16,17);6,13H,1,5H2,2-4H3,(H,14,16);4H,10-11H2,1-3H3,(H2,13,14,15,16);1H4. The van der Waals surface area contributed by atoms with E-state index in [9.17, 15) is 14.4 Å². The number of allylic oxidation sites excluding steroid dienone is 1. The molecule has 0 saturated carbocycles. The number of H-pyrrole nitrogens is 1. The third kappa shape index (κ3) is 11.5. The Bertz CT molecular complexity index is 3170. The van der Waals surface area contributed by atoms with Crippen molar-refractivity contribution in [2.75, 3.05) is 16.6 Å². The van der Waals surface area contributed by atoms with Gasteiger partial charge in [0.05, 0.1) is 31.0 Å². The second kappa shape index (κ2) is 19.7. The van der Waals surface area contributed by atoms with Gasteiger partial charge in [-0.15, -0.1) is 0 Å². The minimum absolute atomic E-state index is 0. The Labute approximate surface area is 393 Å². The van der Waals surface area contributed by atoms with Crippen LogP contribution in [-0.4, -0.2) is 74.0 Å². The van der Waals surface area contributed by atoms with Crippen LogP contribution in [0.3, 0.4) is 0 Å². The molecule has 0 spiro atoms. The second-order valence-corrected chi connectivity index (χ2v) is 19.5. The smallest absolute Gasteiger partial charge is 0.299 e. The summed E-state index contributed by atoms with van der Waals surface area (Å²) in [5, 5.41) is 7.86. The Hall–Kier alpha value is -7.67. The van der Waals surface area contributed by atoms with Crippen molar-refractivity contribution in [1.29, 1.82) is 5.41 Å². The molecule has 1 amide bonds. The number of nitrogen functional groups attached to an aromatic ring is 3. The molecule has 0 atom stereocenters. The molecule has 25 nitrogen and oxygen atoms in total. The van der Waals surface area contributed by atoms with Gasteiger partial charge in [0.1, 0.15) is 33.9 Å². The first-order valence-electron chi connectivity index (χ1n) is 21.0. The number of aromatic amines is 1. The Morgan fingerprint density at radius 3 is 1.75 bits per heavy atom. The molecule has 25 heteroatoms. The largest absolute Gasteiger partial charge is 0.382 e. The van der Waals surface area contributed by atoms with Gasteiger partial charge in [-0.25, -0.2) is 41.6 Å². The van der Waals surface area contributed by atoms with Crippen LogP contribution in [0.2, 0.25) is 0 Å². The summed E-state index contributed by atoms with van der Waals surface area (Å²) in [6, 6.07) is 0. The number of hydrogen-bond acceptors (Lipinski definition) is 19. The van der Waals surface area contributed by atoms with Crippen LogP contribution in [-0.2, 0) is 28.6 Å². The molecule has 7 aromatic rings. The highest BCUT2D eigenvalue weighted by Gasteiger charge is 2.28. The highest BCUT2D eigenvalue weighted by molar-refractivity contribution is 5.94. The lowest BCUT2D eigenvalue weighted by molar-refractivity contribution is 0.0926. The molecule has 68 heavy (non-hydrogen) atoms. The van der Waals surface area contributed by atoms with Gasteiger partial charge in [-0.05, 0) is 96.9 Å². The Kier molecular flexibility index (Phi) is 15.3. The van der Waals surface area contributed by atoms with Gasteiger partial charge < -0.3 is 39.8 Å². The predicted octanol–water partition coefficient (Wildman–Crippen LogP) is 3.23. The Morgan fingerprint density at radius 1 is 0.662 bits per heavy atom. The molecule has 0 bridgehead atoms. The number of carbonyl (C=O) groups excluding carboxylic acids is 1. The van der Waals surface area contributed by atoms with Crippen molar-refractivity contribution in [3.63, 3.8) is 0 Å². The zero-order valence-electron chi connectivity index (χ0n) is 40.5. The van der Waals surface area contributed by atoms with Gasteiger partial charge in [0.15, 0.2) is 33.8 Å². The van der Waals surface area contributed by atoms with Gasteiger partial charge in [-0.2, -0.15) is 15.0 Å². The molecule has 0 aliphatic carbocycles. The number of nitrogens with zero attached hydrogens (tertiary/aromatic N) is 13. The molecule has 8 rings (SSSR count). The minimum Gasteiger partial charge on any atom is -0.382 e. The van der Waals surface area contributed by atoms with Gasteiger partial charge in [0.2, 0.25) is 5.95 Å². The topological polar surface area (TPSA) is 353 Å². The van der Waals surface area contributed by atoms with Crippen molar-refractivity contribution < 1.29 is 4.79 Å². The lowest BCUT2D eigenvalue weighted by Crippen LogP contribution is -2.37. The van der Waals surface area contributed by atoms with Crippen LogP contribution in [0, 0.1) is 19.3 Å². The maximum absolute atomic E-state index is 12.0. The number of nitrogens with two attached hydrogens (primary N) is 3. The van der Waals surface area contributed by atoms with Crippen molar-refractivity contribution in [1.82, 2.24) is 79.0 Å². The summed E-state index contributed by atoms with van der Waals surface area (Å²) in [7, 11) is 0. The van der Waals surface area contributed by atoms with Crippen LogP contribution < -0.4 is 55.7 Å². The molecule has 7 aromatic heterocycles. The summed E-state index contributed by atoms with van der Waals surface area (Å²) >= 11 is 0. The van der Waals surface area contributed by atoms with Crippen molar-refractivity contribution in [3.8, 4) is 0 Å². The number of aryl methyl sites for hydroxylation is 2. The third-order valence-electron chi connectivity index (χ3n) is 9.88. The van der Waals surface area contributed by atoms with Crippen molar-refractivity contribution in [2.45, 2.75) is 133 Å². The monoisotopic (exact) mass is 939 g/mol. The van der Waals surface area contributed by atoms with Crippen molar-refractivity contribution in [2.24, 2.45) is 11.7 Å². The number of amides is 1. The third-order valence-corrected chi connectivity index (χ3v) is 9.88. The molecular formula is C43H66N22O3. The fourth-order valence-corrected chi connectivity index (χ4v) is 6.70. The number of anilines is 3. The van der Waals surface area contributed by atoms with Gasteiger partial charge >= 0.3 is 0 Å². The van der Waals surface area contributed by atoms with Crippen LogP contribution in [0.5, 0.6) is 0 Å². The first kappa shape index (κ1) is 52.9. The number of hydrogen-bond donors (Lipinski definition) is 9. The number of hydrazine groups is 3. The molecular weight excluding hydrogens is 873 g/mol. The summed E-state index contributed by atoms with van der Waals surface area (Å²) in [5.41, 5.74) is 19.6. The van der Waals surface area contributed by atoms with Crippen molar-refractivity contribution in [3.05, 3.63) is 86.8 Å². The number of nitrogens with one attached hydrogen (secondary N) is 6. The van der Waals surface area contributed by atoms with E-state index in [1.165, 1.54) is 6.33 Å². The fraction of sp³-hybridized carbons (Fsp3) is 0.465. The van der Waals surface area contributed by atoms with E-state index in [0.29, 0.717) is 57.6 Å². The maximum Gasteiger partial charge on any atom is 0.299 e. The highest BCUT2D eigenvalue weighted by atomic mass is 16.2. The van der Waals surface area contributed by atoms with Crippen LogP contribution >= 0.6 is 0 Å². The summed E-state index contributed by atoms with van der Waals surface area (Å²) in [4.78, 5) is 75.2. The quantitative estimate of drug-likeness (QED) is 0.0887. The summed E-state index contributed by atoms with van der Waals surface area (Å²) < 4.78 is 7.43.